The highest BCUT2D eigenvalue weighted by molar-refractivity contribution is 5.19. The van der Waals surface area contributed by atoms with Crippen LogP contribution in [0.3, 0.4) is 0 Å². The maximum atomic E-state index is 4.05. The quantitative estimate of drug-likeness (QED) is 0.681. The second kappa shape index (κ2) is 2.93. The molecular weight excluding hydrogens is 150 g/mol. The van der Waals surface area contributed by atoms with Crippen LogP contribution in [-0.4, -0.2) is 15.2 Å². The first-order valence-corrected chi connectivity index (χ1v) is 4.09. The van der Waals surface area contributed by atoms with Crippen molar-refractivity contribution in [1.29, 1.82) is 0 Å². The van der Waals surface area contributed by atoms with E-state index in [1.54, 1.807) is 0 Å². The fourth-order valence-corrected chi connectivity index (χ4v) is 1.31. The molecule has 0 spiro atoms. The summed E-state index contributed by atoms with van der Waals surface area (Å²) in [6.45, 7) is 1.92. The normalized spacial score (nSPS) is 21.6. The van der Waals surface area contributed by atoms with Gasteiger partial charge in [0.2, 0.25) is 0 Å². The topological polar surface area (TPSA) is 41.6 Å². The molecule has 12 heavy (non-hydrogen) atoms. The van der Waals surface area contributed by atoms with Gasteiger partial charge in [-0.15, -0.1) is 10.2 Å². The molecule has 1 aromatic rings. The summed E-state index contributed by atoms with van der Waals surface area (Å²) in [6, 6.07) is 0. The minimum absolute atomic E-state index is 0.385. The van der Waals surface area contributed by atoms with Gasteiger partial charge in [-0.2, -0.15) is 0 Å². The number of aromatic amines is 1. The van der Waals surface area contributed by atoms with Crippen LogP contribution in [-0.2, 0) is 0 Å². The number of allylic oxidation sites excluding steroid dienone is 4. The Hall–Kier alpha value is -1.38. The van der Waals surface area contributed by atoms with E-state index < -0.39 is 0 Å². The molecular formula is C9H11N3. The van der Waals surface area contributed by atoms with Crippen LogP contribution in [0.25, 0.3) is 0 Å². The average Bonchev–Trinajstić information content (AvgIpc) is 2.54. The third-order valence-electron chi connectivity index (χ3n) is 1.95. The Labute approximate surface area is 71.2 Å². The molecule has 0 saturated carbocycles. The maximum Gasteiger partial charge on any atom is 0.137 e. The molecule has 0 amide bonds. The molecule has 1 atom stereocenters. The SMILES string of the molecule is Cc1nnc(C2C=CC=CC2)[nH]1. The number of aryl methyl sites for hydroxylation is 1. The molecule has 1 aliphatic rings. The number of nitrogens with one attached hydrogen (secondary N) is 1. The molecule has 2 rings (SSSR count). The first-order valence-electron chi connectivity index (χ1n) is 4.09. The molecule has 0 saturated heterocycles. The average molecular weight is 161 g/mol. The van der Waals surface area contributed by atoms with Crippen LogP contribution in [0.1, 0.15) is 24.0 Å². The summed E-state index contributed by atoms with van der Waals surface area (Å²) < 4.78 is 0. The molecule has 1 N–H and O–H groups in total. The van der Waals surface area contributed by atoms with E-state index in [4.69, 9.17) is 0 Å². The zero-order valence-corrected chi connectivity index (χ0v) is 6.99. The molecule has 1 unspecified atom stereocenters. The summed E-state index contributed by atoms with van der Waals surface area (Å²) in [5.74, 6) is 2.23. The Morgan fingerprint density at radius 3 is 2.92 bits per heavy atom. The van der Waals surface area contributed by atoms with Crippen molar-refractivity contribution in [2.75, 3.05) is 0 Å². The summed E-state index contributed by atoms with van der Waals surface area (Å²) in [7, 11) is 0. The van der Waals surface area contributed by atoms with Crippen LogP contribution < -0.4 is 0 Å². The van der Waals surface area contributed by atoms with Gasteiger partial charge in [0.05, 0.1) is 0 Å². The fraction of sp³-hybridized carbons (Fsp3) is 0.333. The minimum Gasteiger partial charge on any atom is -0.329 e. The van der Waals surface area contributed by atoms with Crippen molar-refractivity contribution in [2.45, 2.75) is 19.3 Å². The van der Waals surface area contributed by atoms with Crippen LogP contribution in [0.15, 0.2) is 24.3 Å². The van der Waals surface area contributed by atoms with E-state index in [-0.39, 0.29) is 0 Å². The Morgan fingerprint density at radius 2 is 2.33 bits per heavy atom. The summed E-state index contributed by atoms with van der Waals surface area (Å²) in [6.07, 6.45) is 9.40. The Morgan fingerprint density at radius 1 is 1.42 bits per heavy atom. The van der Waals surface area contributed by atoms with Crippen LogP contribution in [0.2, 0.25) is 0 Å². The predicted octanol–water partition coefficient (Wildman–Crippen LogP) is 1.71. The van der Waals surface area contributed by atoms with E-state index >= 15 is 0 Å². The van der Waals surface area contributed by atoms with Gasteiger partial charge in [0.1, 0.15) is 11.6 Å². The number of hydrogen-bond donors (Lipinski definition) is 1. The highest BCUT2D eigenvalue weighted by Gasteiger charge is 2.11. The van der Waals surface area contributed by atoms with E-state index in [1.165, 1.54) is 0 Å². The number of H-pyrrole nitrogens is 1. The van der Waals surface area contributed by atoms with Crippen molar-refractivity contribution in [3.05, 3.63) is 36.0 Å². The maximum absolute atomic E-state index is 4.05. The zero-order valence-electron chi connectivity index (χ0n) is 6.99. The predicted molar refractivity (Wildman–Crippen MR) is 46.8 cm³/mol. The van der Waals surface area contributed by atoms with Gasteiger partial charge in [0, 0.05) is 5.92 Å². The van der Waals surface area contributed by atoms with E-state index in [0.29, 0.717) is 5.92 Å². The molecule has 1 aromatic heterocycles. The number of nitrogens with zero attached hydrogens (tertiary/aromatic N) is 2. The molecule has 1 heterocycles. The van der Waals surface area contributed by atoms with Gasteiger partial charge in [-0.05, 0) is 13.3 Å². The lowest BCUT2D eigenvalue weighted by atomic mass is 10.0. The second-order valence-corrected chi connectivity index (χ2v) is 2.95. The Bertz CT molecular complexity index is 322. The molecule has 0 fully saturated rings. The van der Waals surface area contributed by atoms with Gasteiger partial charge >= 0.3 is 0 Å². The first-order chi connectivity index (χ1) is 5.86. The highest BCUT2D eigenvalue weighted by Crippen LogP contribution is 2.20. The molecule has 0 bridgehead atoms. The second-order valence-electron chi connectivity index (χ2n) is 2.95. The largest absolute Gasteiger partial charge is 0.329 e. The number of aromatic nitrogens is 3. The van der Waals surface area contributed by atoms with Gasteiger partial charge in [-0.25, -0.2) is 0 Å². The summed E-state index contributed by atoms with van der Waals surface area (Å²) in [4.78, 5) is 3.14. The molecule has 62 valence electrons. The van der Waals surface area contributed by atoms with Crippen molar-refractivity contribution < 1.29 is 0 Å². The van der Waals surface area contributed by atoms with Crippen molar-refractivity contribution in [3.63, 3.8) is 0 Å². The smallest absolute Gasteiger partial charge is 0.137 e. The van der Waals surface area contributed by atoms with Gasteiger partial charge in [0.15, 0.2) is 0 Å². The Kier molecular flexibility index (Phi) is 1.78. The summed E-state index contributed by atoms with van der Waals surface area (Å²) in [5, 5.41) is 7.98. The van der Waals surface area contributed by atoms with Crippen molar-refractivity contribution in [2.24, 2.45) is 0 Å². The summed E-state index contributed by atoms with van der Waals surface area (Å²) >= 11 is 0. The third-order valence-corrected chi connectivity index (χ3v) is 1.95. The molecule has 1 aliphatic carbocycles. The van der Waals surface area contributed by atoms with Gasteiger partial charge in [-0.1, -0.05) is 24.3 Å². The zero-order chi connectivity index (χ0) is 8.39. The van der Waals surface area contributed by atoms with E-state index in [1.807, 2.05) is 13.0 Å². The number of hydrogen-bond acceptors (Lipinski definition) is 2. The van der Waals surface area contributed by atoms with Crippen molar-refractivity contribution >= 4 is 0 Å². The molecule has 3 nitrogen and oxygen atoms in total. The van der Waals surface area contributed by atoms with Gasteiger partial charge in [0.25, 0.3) is 0 Å². The third kappa shape index (κ3) is 1.30. The monoisotopic (exact) mass is 161 g/mol. The molecule has 0 radical (unpaired) electrons. The van der Waals surface area contributed by atoms with Gasteiger partial charge < -0.3 is 4.98 Å². The van der Waals surface area contributed by atoms with E-state index in [2.05, 4.69) is 33.4 Å². The number of rotatable bonds is 1. The molecule has 0 aromatic carbocycles. The molecule has 0 aliphatic heterocycles. The van der Waals surface area contributed by atoms with Crippen LogP contribution in [0.5, 0.6) is 0 Å². The van der Waals surface area contributed by atoms with Crippen molar-refractivity contribution in [1.82, 2.24) is 15.2 Å². The highest BCUT2D eigenvalue weighted by atomic mass is 15.2. The van der Waals surface area contributed by atoms with E-state index in [9.17, 15) is 0 Å². The lowest BCUT2D eigenvalue weighted by Crippen LogP contribution is -1.98. The first kappa shape index (κ1) is 7.28. The Balaban J connectivity index is 2.20. The van der Waals surface area contributed by atoms with Crippen molar-refractivity contribution in [3.8, 4) is 0 Å². The van der Waals surface area contributed by atoms with Crippen LogP contribution >= 0.6 is 0 Å². The lowest BCUT2D eigenvalue weighted by Gasteiger charge is -2.07. The van der Waals surface area contributed by atoms with E-state index in [0.717, 1.165) is 18.1 Å². The van der Waals surface area contributed by atoms with Crippen LogP contribution in [0.4, 0.5) is 0 Å². The van der Waals surface area contributed by atoms with Crippen LogP contribution in [0, 0.1) is 6.92 Å². The summed E-state index contributed by atoms with van der Waals surface area (Å²) in [5.41, 5.74) is 0. The lowest BCUT2D eigenvalue weighted by molar-refractivity contribution is 0.777. The minimum atomic E-state index is 0.385. The standard InChI is InChI=1S/C9H11N3/c1-7-10-9(12-11-7)8-5-3-2-4-6-8/h2-5,8H,6H2,1H3,(H,10,11,12). The van der Waals surface area contributed by atoms with Gasteiger partial charge in [-0.3, -0.25) is 0 Å². The molecule has 3 heteroatoms. The fourth-order valence-electron chi connectivity index (χ4n) is 1.31.